The first-order valence-corrected chi connectivity index (χ1v) is 7.65. The van der Waals surface area contributed by atoms with E-state index < -0.39 is 24.2 Å². The Morgan fingerprint density at radius 2 is 2.09 bits per heavy atom. The Balaban J connectivity index is 2.42. The third-order valence-corrected chi connectivity index (χ3v) is 3.93. The van der Waals surface area contributed by atoms with Crippen molar-refractivity contribution < 1.29 is 13.2 Å². The normalized spacial score (nSPS) is 11.9. The van der Waals surface area contributed by atoms with Gasteiger partial charge in [0.15, 0.2) is 5.16 Å². The molecule has 9 heteroatoms. The van der Waals surface area contributed by atoms with Gasteiger partial charge in [-0.1, -0.05) is 17.8 Å². The van der Waals surface area contributed by atoms with E-state index in [-0.39, 0.29) is 23.2 Å². The molecule has 0 unspecified atom stereocenters. The molecule has 0 bridgehead atoms. The number of hydrogen-bond donors (Lipinski definition) is 0. The van der Waals surface area contributed by atoms with Gasteiger partial charge in [0.1, 0.15) is 5.82 Å². The zero-order valence-corrected chi connectivity index (χ0v) is 12.3. The maximum Gasteiger partial charge on any atom is 0.262 e. The summed E-state index contributed by atoms with van der Waals surface area (Å²) in [6.45, 7) is -0.209. The standard InChI is InChI=1S/C13H11F3N4OS/c1-22-13-18-17-12-19(6-5-9(15)16)11(21)7-3-2-4-8(14)10(7)20(12)13/h2-4,9H,5-6H2,1H3. The second-order valence-electron chi connectivity index (χ2n) is 4.59. The van der Waals surface area contributed by atoms with Gasteiger partial charge in [0.05, 0.1) is 10.9 Å². The highest BCUT2D eigenvalue weighted by atomic mass is 32.2. The van der Waals surface area contributed by atoms with Crippen LogP contribution in [0.1, 0.15) is 6.42 Å². The molecule has 0 fully saturated rings. The minimum absolute atomic E-state index is 0.0603. The van der Waals surface area contributed by atoms with E-state index in [1.807, 2.05) is 0 Å². The van der Waals surface area contributed by atoms with Gasteiger partial charge < -0.3 is 0 Å². The van der Waals surface area contributed by atoms with Crippen molar-refractivity contribution in [3.05, 3.63) is 34.4 Å². The molecule has 0 saturated heterocycles. The maximum absolute atomic E-state index is 14.2. The fraction of sp³-hybridized carbons (Fsp3) is 0.308. The molecule has 0 saturated carbocycles. The van der Waals surface area contributed by atoms with Crippen LogP contribution in [0.5, 0.6) is 0 Å². The Hall–Kier alpha value is -2.03. The molecule has 1 aromatic carbocycles. The van der Waals surface area contributed by atoms with Gasteiger partial charge in [-0.15, -0.1) is 10.2 Å². The van der Waals surface area contributed by atoms with Gasteiger partial charge in [-0.3, -0.25) is 13.8 Å². The van der Waals surface area contributed by atoms with E-state index in [1.54, 1.807) is 6.26 Å². The van der Waals surface area contributed by atoms with Gasteiger partial charge >= 0.3 is 0 Å². The summed E-state index contributed by atoms with van der Waals surface area (Å²) in [5.41, 5.74) is -0.493. The minimum atomic E-state index is -2.54. The van der Waals surface area contributed by atoms with E-state index in [0.29, 0.717) is 5.16 Å². The molecule has 3 aromatic rings. The number of aromatic nitrogens is 4. The molecule has 0 spiro atoms. The van der Waals surface area contributed by atoms with Crippen LogP contribution in [0.3, 0.4) is 0 Å². The number of aryl methyl sites for hydroxylation is 1. The molecule has 0 aliphatic heterocycles. The SMILES string of the molecule is CSc1nnc2n(CCC(F)F)c(=O)c3cccc(F)c3n12. The lowest BCUT2D eigenvalue weighted by Crippen LogP contribution is -2.24. The van der Waals surface area contributed by atoms with Crippen LogP contribution in [-0.2, 0) is 6.54 Å². The summed E-state index contributed by atoms with van der Waals surface area (Å²) in [5, 5.41) is 8.25. The lowest BCUT2D eigenvalue weighted by molar-refractivity contribution is 0.131. The van der Waals surface area contributed by atoms with Crippen LogP contribution in [0.25, 0.3) is 16.7 Å². The number of hydrogen-bond acceptors (Lipinski definition) is 4. The predicted molar refractivity (Wildman–Crippen MR) is 77.1 cm³/mol. The van der Waals surface area contributed by atoms with Gasteiger partial charge in [0.25, 0.3) is 5.56 Å². The Kier molecular flexibility index (Phi) is 3.81. The van der Waals surface area contributed by atoms with Crippen molar-refractivity contribution in [2.45, 2.75) is 24.5 Å². The van der Waals surface area contributed by atoms with Gasteiger partial charge in [-0.2, -0.15) is 0 Å². The van der Waals surface area contributed by atoms with E-state index in [2.05, 4.69) is 10.2 Å². The summed E-state index contributed by atoms with van der Waals surface area (Å²) in [6.07, 6.45) is -1.30. The van der Waals surface area contributed by atoms with Crippen molar-refractivity contribution in [3.63, 3.8) is 0 Å². The molecule has 116 valence electrons. The number of fused-ring (bicyclic) bond motifs is 3. The molecule has 3 rings (SSSR count). The van der Waals surface area contributed by atoms with Crippen molar-refractivity contribution in [3.8, 4) is 0 Å². The molecule has 0 N–H and O–H groups in total. The third-order valence-electron chi connectivity index (χ3n) is 3.30. The number of benzene rings is 1. The van der Waals surface area contributed by atoms with Crippen LogP contribution in [0.15, 0.2) is 28.2 Å². The number of para-hydroxylation sites is 1. The minimum Gasteiger partial charge on any atom is -0.276 e. The van der Waals surface area contributed by atoms with Crippen LogP contribution >= 0.6 is 11.8 Å². The molecule has 2 heterocycles. The van der Waals surface area contributed by atoms with E-state index in [1.165, 1.54) is 34.4 Å². The number of alkyl halides is 2. The predicted octanol–water partition coefficient (Wildman–Crippen LogP) is 2.56. The lowest BCUT2D eigenvalue weighted by atomic mass is 10.2. The van der Waals surface area contributed by atoms with Crippen molar-refractivity contribution in [2.24, 2.45) is 0 Å². The van der Waals surface area contributed by atoms with Gasteiger partial charge in [-0.25, -0.2) is 13.2 Å². The number of nitrogens with zero attached hydrogens (tertiary/aromatic N) is 4. The van der Waals surface area contributed by atoms with Crippen molar-refractivity contribution in [1.29, 1.82) is 0 Å². The average molecular weight is 328 g/mol. The van der Waals surface area contributed by atoms with Crippen molar-refractivity contribution in [2.75, 3.05) is 6.26 Å². The van der Waals surface area contributed by atoms with Crippen LogP contribution in [0, 0.1) is 5.82 Å². The molecule has 0 aliphatic rings. The second-order valence-corrected chi connectivity index (χ2v) is 5.37. The highest BCUT2D eigenvalue weighted by Gasteiger charge is 2.19. The van der Waals surface area contributed by atoms with E-state index in [0.717, 1.165) is 4.57 Å². The Bertz CT molecular complexity index is 906. The summed E-state index contributed by atoms with van der Waals surface area (Å²) in [5.74, 6) is -0.525. The monoisotopic (exact) mass is 328 g/mol. The number of halogens is 3. The fourth-order valence-corrected chi connectivity index (χ4v) is 2.82. The zero-order chi connectivity index (χ0) is 15.9. The van der Waals surface area contributed by atoms with Crippen molar-refractivity contribution >= 4 is 28.4 Å². The second kappa shape index (κ2) is 5.64. The summed E-state index contributed by atoms with van der Waals surface area (Å²) in [4.78, 5) is 12.5. The van der Waals surface area contributed by atoms with E-state index in [9.17, 15) is 18.0 Å². The molecule has 2 aromatic heterocycles. The zero-order valence-electron chi connectivity index (χ0n) is 11.5. The molecule has 0 aliphatic carbocycles. The average Bonchev–Trinajstić information content (AvgIpc) is 2.90. The third kappa shape index (κ3) is 2.25. The first-order chi connectivity index (χ1) is 10.5. The topological polar surface area (TPSA) is 52.2 Å². The first-order valence-electron chi connectivity index (χ1n) is 6.43. The summed E-state index contributed by atoms with van der Waals surface area (Å²) < 4.78 is 41.6. The summed E-state index contributed by atoms with van der Waals surface area (Å²) in [6, 6.07) is 4.10. The van der Waals surface area contributed by atoms with E-state index in [4.69, 9.17) is 0 Å². The van der Waals surface area contributed by atoms with Crippen LogP contribution in [0.4, 0.5) is 13.2 Å². The number of thioether (sulfide) groups is 1. The van der Waals surface area contributed by atoms with Crippen LogP contribution in [0.2, 0.25) is 0 Å². The number of rotatable bonds is 4. The summed E-state index contributed by atoms with van der Waals surface area (Å²) in [7, 11) is 0. The van der Waals surface area contributed by atoms with Gasteiger partial charge in [0, 0.05) is 13.0 Å². The molecule has 0 atom stereocenters. The largest absolute Gasteiger partial charge is 0.276 e. The molecule has 0 amide bonds. The quantitative estimate of drug-likeness (QED) is 0.691. The summed E-state index contributed by atoms with van der Waals surface area (Å²) >= 11 is 1.23. The molecular weight excluding hydrogens is 317 g/mol. The Labute approximate surface area is 126 Å². The lowest BCUT2D eigenvalue weighted by Gasteiger charge is -2.11. The van der Waals surface area contributed by atoms with Gasteiger partial charge in [-0.05, 0) is 18.4 Å². The molecular formula is C13H11F3N4OS. The Morgan fingerprint density at radius 3 is 2.77 bits per heavy atom. The smallest absolute Gasteiger partial charge is 0.262 e. The van der Waals surface area contributed by atoms with Crippen LogP contribution in [-0.4, -0.2) is 31.8 Å². The Morgan fingerprint density at radius 1 is 1.32 bits per heavy atom. The maximum atomic E-state index is 14.2. The van der Waals surface area contributed by atoms with E-state index >= 15 is 0 Å². The molecule has 5 nitrogen and oxygen atoms in total. The molecule has 0 radical (unpaired) electrons. The van der Waals surface area contributed by atoms with Crippen molar-refractivity contribution in [1.82, 2.24) is 19.2 Å². The molecule has 22 heavy (non-hydrogen) atoms. The fourth-order valence-electron chi connectivity index (χ4n) is 2.34. The first kappa shape index (κ1) is 14.9. The highest BCUT2D eigenvalue weighted by Crippen LogP contribution is 2.22. The highest BCUT2D eigenvalue weighted by molar-refractivity contribution is 7.98. The van der Waals surface area contributed by atoms with Gasteiger partial charge in [0.2, 0.25) is 12.2 Å². The van der Waals surface area contributed by atoms with Crippen LogP contribution < -0.4 is 5.56 Å².